The zero-order valence-corrected chi connectivity index (χ0v) is 12.5. The van der Waals surface area contributed by atoms with Gasteiger partial charge in [-0.2, -0.15) is 0 Å². The molecule has 1 aromatic carbocycles. The summed E-state index contributed by atoms with van der Waals surface area (Å²) in [6, 6.07) is 4.36. The summed E-state index contributed by atoms with van der Waals surface area (Å²) in [5.74, 6) is -0.195. The molecule has 1 heterocycles. The molecule has 3 rings (SSSR count). The first kappa shape index (κ1) is 14.2. The topological polar surface area (TPSA) is 52.9 Å². The van der Waals surface area contributed by atoms with Crippen molar-refractivity contribution in [3.8, 4) is 5.69 Å². The SMILES string of the molecule is CCCn1c(C2CC2)c(N)c(=O)n1-c1ccc(Cl)c(F)c1. The molecule has 2 aromatic rings. The van der Waals surface area contributed by atoms with Crippen molar-refractivity contribution in [2.45, 2.75) is 38.6 Å². The summed E-state index contributed by atoms with van der Waals surface area (Å²) in [4.78, 5) is 12.5. The van der Waals surface area contributed by atoms with Gasteiger partial charge in [0.2, 0.25) is 0 Å². The first-order valence-electron chi connectivity index (χ1n) is 7.11. The van der Waals surface area contributed by atoms with Crippen LogP contribution in [0.25, 0.3) is 5.69 Å². The maximum absolute atomic E-state index is 13.7. The minimum atomic E-state index is -0.545. The number of nitrogens with two attached hydrogens (primary N) is 1. The molecule has 0 spiro atoms. The number of rotatable bonds is 4. The second-order valence-corrected chi connectivity index (χ2v) is 5.82. The van der Waals surface area contributed by atoms with Gasteiger partial charge in [-0.15, -0.1) is 0 Å². The van der Waals surface area contributed by atoms with E-state index in [1.807, 2.05) is 11.6 Å². The maximum Gasteiger partial charge on any atom is 0.294 e. The van der Waals surface area contributed by atoms with Crippen LogP contribution in [0.3, 0.4) is 0 Å². The van der Waals surface area contributed by atoms with Gasteiger partial charge in [0.1, 0.15) is 11.5 Å². The first-order chi connectivity index (χ1) is 10.0. The number of aromatic nitrogens is 2. The van der Waals surface area contributed by atoms with Gasteiger partial charge in [-0.3, -0.25) is 9.48 Å². The van der Waals surface area contributed by atoms with Gasteiger partial charge in [-0.1, -0.05) is 18.5 Å². The lowest BCUT2D eigenvalue weighted by Crippen LogP contribution is -2.22. The molecule has 21 heavy (non-hydrogen) atoms. The van der Waals surface area contributed by atoms with Gasteiger partial charge in [0.25, 0.3) is 5.56 Å². The number of anilines is 1. The normalized spacial score (nSPS) is 14.6. The fraction of sp³-hybridized carbons (Fsp3) is 0.400. The van der Waals surface area contributed by atoms with E-state index < -0.39 is 5.82 Å². The summed E-state index contributed by atoms with van der Waals surface area (Å²) in [6.45, 7) is 2.70. The number of nitrogens with zero attached hydrogens (tertiary/aromatic N) is 2. The molecule has 0 unspecified atom stereocenters. The molecule has 4 nitrogen and oxygen atoms in total. The second kappa shape index (κ2) is 5.22. The highest BCUT2D eigenvalue weighted by Gasteiger charge is 2.32. The van der Waals surface area contributed by atoms with Crippen LogP contribution in [0.1, 0.15) is 37.8 Å². The van der Waals surface area contributed by atoms with E-state index in [0.29, 0.717) is 18.2 Å². The van der Waals surface area contributed by atoms with Crippen molar-refractivity contribution in [3.05, 3.63) is 45.1 Å². The average Bonchev–Trinajstić information content (AvgIpc) is 3.24. The summed E-state index contributed by atoms with van der Waals surface area (Å²) < 4.78 is 17.1. The Kier molecular flexibility index (Phi) is 3.53. The van der Waals surface area contributed by atoms with Gasteiger partial charge in [0.15, 0.2) is 0 Å². The van der Waals surface area contributed by atoms with Crippen molar-refractivity contribution in [1.29, 1.82) is 0 Å². The minimum absolute atomic E-state index is 0.0378. The van der Waals surface area contributed by atoms with Crippen LogP contribution in [-0.4, -0.2) is 9.36 Å². The Morgan fingerprint density at radius 1 is 1.43 bits per heavy atom. The predicted octanol–water partition coefficient (Wildman–Crippen LogP) is 3.30. The van der Waals surface area contributed by atoms with E-state index in [9.17, 15) is 9.18 Å². The third-order valence-corrected chi connectivity index (χ3v) is 4.07. The molecular formula is C15H17ClFN3O. The molecule has 0 saturated heterocycles. The summed E-state index contributed by atoms with van der Waals surface area (Å²) in [5.41, 5.74) is 7.34. The Balaban J connectivity index is 2.23. The van der Waals surface area contributed by atoms with Gasteiger partial charge in [-0.25, -0.2) is 9.07 Å². The van der Waals surface area contributed by atoms with Crippen LogP contribution >= 0.6 is 11.6 Å². The van der Waals surface area contributed by atoms with Gasteiger partial charge in [0.05, 0.1) is 16.4 Å². The van der Waals surface area contributed by atoms with Crippen LogP contribution in [0.5, 0.6) is 0 Å². The molecule has 1 aliphatic rings. The zero-order chi connectivity index (χ0) is 15.1. The molecule has 112 valence electrons. The Morgan fingerprint density at radius 2 is 2.14 bits per heavy atom. The minimum Gasteiger partial charge on any atom is -0.393 e. The van der Waals surface area contributed by atoms with E-state index in [1.165, 1.54) is 16.8 Å². The standard InChI is InChI=1S/C15H17ClFN3O/c1-2-7-19-14(9-3-4-9)13(18)15(21)20(19)10-5-6-11(16)12(17)8-10/h5-6,8-9H,2-4,7,18H2,1H3. The van der Waals surface area contributed by atoms with E-state index in [2.05, 4.69) is 0 Å². The lowest BCUT2D eigenvalue weighted by molar-refractivity contribution is 0.512. The molecular weight excluding hydrogens is 293 g/mol. The van der Waals surface area contributed by atoms with Crippen LogP contribution in [-0.2, 0) is 6.54 Å². The third-order valence-electron chi connectivity index (χ3n) is 3.77. The van der Waals surface area contributed by atoms with Crippen LogP contribution in [0.2, 0.25) is 5.02 Å². The Labute approximate surface area is 126 Å². The Morgan fingerprint density at radius 3 is 2.71 bits per heavy atom. The van der Waals surface area contributed by atoms with E-state index in [-0.39, 0.29) is 16.3 Å². The second-order valence-electron chi connectivity index (χ2n) is 5.41. The smallest absolute Gasteiger partial charge is 0.294 e. The monoisotopic (exact) mass is 309 g/mol. The van der Waals surface area contributed by atoms with E-state index in [1.54, 1.807) is 6.07 Å². The van der Waals surface area contributed by atoms with Crippen LogP contribution in [0.15, 0.2) is 23.0 Å². The lowest BCUT2D eigenvalue weighted by Gasteiger charge is -2.14. The molecule has 2 N–H and O–H groups in total. The van der Waals surface area contributed by atoms with Gasteiger partial charge < -0.3 is 5.73 Å². The molecule has 0 radical (unpaired) electrons. The highest BCUT2D eigenvalue weighted by Crippen LogP contribution is 2.42. The highest BCUT2D eigenvalue weighted by atomic mass is 35.5. The summed E-state index contributed by atoms with van der Waals surface area (Å²) in [7, 11) is 0. The summed E-state index contributed by atoms with van der Waals surface area (Å²) in [6.07, 6.45) is 2.96. The average molecular weight is 310 g/mol. The van der Waals surface area contributed by atoms with Crippen molar-refractivity contribution in [2.24, 2.45) is 0 Å². The van der Waals surface area contributed by atoms with Crippen molar-refractivity contribution in [2.75, 3.05) is 5.73 Å². The van der Waals surface area contributed by atoms with Crippen LogP contribution < -0.4 is 11.3 Å². The number of benzene rings is 1. The molecule has 0 aliphatic heterocycles. The van der Waals surface area contributed by atoms with Crippen molar-refractivity contribution in [3.63, 3.8) is 0 Å². The predicted molar refractivity (Wildman–Crippen MR) is 81.7 cm³/mol. The maximum atomic E-state index is 13.7. The van der Waals surface area contributed by atoms with Crippen molar-refractivity contribution < 1.29 is 4.39 Å². The van der Waals surface area contributed by atoms with Crippen LogP contribution in [0.4, 0.5) is 10.1 Å². The number of hydrogen-bond donors (Lipinski definition) is 1. The molecule has 0 bridgehead atoms. The molecule has 6 heteroatoms. The third kappa shape index (κ3) is 2.35. The summed E-state index contributed by atoms with van der Waals surface area (Å²) >= 11 is 5.71. The van der Waals surface area contributed by atoms with E-state index in [0.717, 1.165) is 25.0 Å². The van der Waals surface area contributed by atoms with Crippen molar-refractivity contribution in [1.82, 2.24) is 9.36 Å². The Hall–Kier alpha value is -1.75. The van der Waals surface area contributed by atoms with Gasteiger partial charge in [-0.05, 0) is 31.4 Å². The van der Waals surface area contributed by atoms with Gasteiger partial charge >= 0.3 is 0 Å². The Bertz CT molecular complexity index is 746. The fourth-order valence-corrected chi connectivity index (χ4v) is 2.79. The molecule has 0 amide bonds. The number of nitrogen functional groups attached to an aromatic ring is 1. The number of hydrogen-bond acceptors (Lipinski definition) is 2. The van der Waals surface area contributed by atoms with Crippen molar-refractivity contribution >= 4 is 17.3 Å². The lowest BCUT2D eigenvalue weighted by atomic mass is 10.2. The van der Waals surface area contributed by atoms with E-state index >= 15 is 0 Å². The van der Waals surface area contributed by atoms with Crippen LogP contribution in [0, 0.1) is 5.82 Å². The molecule has 1 aromatic heterocycles. The molecule has 0 atom stereocenters. The zero-order valence-electron chi connectivity index (χ0n) is 11.8. The molecule has 1 saturated carbocycles. The van der Waals surface area contributed by atoms with Gasteiger partial charge in [0, 0.05) is 18.5 Å². The molecule has 1 aliphatic carbocycles. The number of halogens is 2. The highest BCUT2D eigenvalue weighted by molar-refractivity contribution is 6.30. The summed E-state index contributed by atoms with van der Waals surface area (Å²) in [5, 5.41) is 0.0378. The molecule has 1 fully saturated rings. The first-order valence-corrected chi connectivity index (χ1v) is 7.49. The largest absolute Gasteiger partial charge is 0.393 e. The fourth-order valence-electron chi connectivity index (χ4n) is 2.67. The quantitative estimate of drug-likeness (QED) is 0.942. The van der Waals surface area contributed by atoms with E-state index in [4.69, 9.17) is 17.3 Å².